The summed E-state index contributed by atoms with van der Waals surface area (Å²) in [5.41, 5.74) is 1.68. The maximum absolute atomic E-state index is 15.6. The van der Waals surface area contributed by atoms with Crippen molar-refractivity contribution in [2.75, 3.05) is 7.11 Å². The number of nitrogens with zero attached hydrogens (tertiary/aromatic N) is 1. The first-order valence-corrected chi connectivity index (χ1v) is 14.0. The smallest absolute Gasteiger partial charge is 1.00 e. The summed E-state index contributed by atoms with van der Waals surface area (Å²) in [4.78, 5) is 28.7. The molecule has 1 aromatic heterocycles. The van der Waals surface area contributed by atoms with Crippen molar-refractivity contribution < 1.29 is 85.8 Å². The Balaban J connectivity index is 0. The van der Waals surface area contributed by atoms with Gasteiger partial charge < -0.3 is 12.7 Å². The SMILES string of the molecule is CCCCCCCC(OC)c1cccc(-c2csc(C(=O)c3cc(Cl)c(/C=C(\C)C(=O)O)c(Cl)c3)n2)c1F.[H-].[H-].[Na+].[Na+]. The van der Waals surface area contributed by atoms with Gasteiger partial charge in [0.15, 0.2) is 5.01 Å². The van der Waals surface area contributed by atoms with Crippen LogP contribution in [0.15, 0.2) is 41.3 Å². The molecule has 0 aliphatic heterocycles. The molecule has 11 heteroatoms. The number of methoxy groups -OCH3 is 1. The van der Waals surface area contributed by atoms with Gasteiger partial charge in [-0.1, -0.05) is 74.4 Å². The standard InChI is InChI=1S/C29H30Cl2FNO4S.2Na.2H/c1-4-5-6-7-8-12-25(37-3)20-11-9-10-19(26(20)32)24-16-38-28(33-24)27(34)18-14-22(30)21(23(31)15-18)13-17(2)29(35)36;;;;/h9-11,13-16,25H,4-8,12H2,1-3H3,(H,35,36);;;;/q;2*+1;2*-1/b17-13+;;;;. The van der Waals surface area contributed by atoms with Crippen LogP contribution in [0.5, 0.6) is 0 Å². The van der Waals surface area contributed by atoms with Crippen molar-refractivity contribution in [2.45, 2.75) is 58.5 Å². The second-order valence-corrected chi connectivity index (χ2v) is 10.7. The predicted molar refractivity (Wildman–Crippen MR) is 154 cm³/mol. The van der Waals surface area contributed by atoms with Gasteiger partial charge in [0.1, 0.15) is 5.82 Å². The molecule has 0 saturated carbocycles. The summed E-state index contributed by atoms with van der Waals surface area (Å²) in [5.74, 6) is -1.94. The number of ether oxygens (including phenoxy) is 1. The van der Waals surface area contributed by atoms with Crippen molar-refractivity contribution in [1.29, 1.82) is 0 Å². The topological polar surface area (TPSA) is 76.5 Å². The molecule has 1 N–H and O–H groups in total. The summed E-state index contributed by atoms with van der Waals surface area (Å²) in [6, 6.07) is 7.97. The molecule has 5 nitrogen and oxygen atoms in total. The van der Waals surface area contributed by atoms with Crippen LogP contribution < -0.4 is 59.1 Å². The van der Waals surface area contributed by atoms with Gasteiger partial charge in [-0.05, 0) is 37.6 Å². The summed E-state index contributed by atoms with van der Waals surface area (Å²) in [7, 11) is 1.59. The molecule has 0 radical (unpaired) electrons. The van der Waals surface area contributed by atoms with E-state index in [9.17, 15) is 9.59 Å². The number of carboxylic acid groups (broad SMARTS) is 1. The van der Waals surface area contributed by atoms with Crippen LogP contribution >= 0.6 is 34.5 Å². The number of thiazole rings is 1. The summed E-state index contributed by atoms with van der Waals surface area (Å²) in [5, 5.41) is 11.2. The first-order valence-electron chi connectivity index (χ1n) is 12.4. The first-order chi connectivity index (χ1) is 18.2. The molecule has 0 bridgehead atoms. The molecule has 3 aromatic rings. The number of carbonyl (C=O) groups excluding carboxylic acids is 1. The van der Waals surface area contributed by atoms with E-state index in [4.69, 9.17) is 33.0 Å². The van der Waals surface area contributed by atoms with Gasteiger partial charge in [0.05, 0.1) is 21.8 Å². The number of ketones is 1. The second-order valence-electron chi connectivity index (χ2n) is 8.99. The molecule has 40 heavy (non-hydrogen) atoms. The number of unbranched alkanes of at least 4 members (excludes halogenated alkanes) is 4. The van der Waals surface area contributed by atoms with E-state index in [0.717, 1.165) is 43.4 Å². The Bertz CT molecular complexity index is 1340. The predicted octanol–water partition coefficient (Wildman–Crippen LogP) is 3.26. The van der Waals surface area contributed by atoms with Crippen LogP contribution in [0.3, 0.4) is 0 Å². The second kappa shape index (κ2) is 18.2. The van der Waals surface area contributed by atoms with E-state index in [2.05, 4.69) is 11.9 Å². The van der Waals surface area contributed by atoms with Crippen molar-refractivity contribution >= 4 is 52.4 Å². The number of carboxylic acids is 1. The Morgan fingerprint density at radius 3 is 2.40 bits per heavy atom. The quantitative estimate of drug-likeness (QED) is 0.137. The van der Waals surface area contributed by atoms with Crippen LogP contribution in [0.25, 0.3) is 17.3 Å². The largest absolute Gasteiger partial charge is 1.00 e. The van der Waals surface area contributed by atoms with E-state index in [1.54, 1.807) is 30.7 Å². The van der Waals surface area contributed by atoms with E-state index >= 15 is 4.39 Å². The van der Waals surface area contributed by atoms with Gasteiger partial charge in [0.2, 0.25) is 5.78 Å². The first kappa shape index (κ1) is 37.4. The van der Waals surface area contributed by atoms with Gasteiger partial charge in [0.25, 0.3) is 0 Å². The number of carbonyl (C=O) groups is 2. The number of aliphatic carboxylic acids is 1. The van der Waals surface area contributed by atoms with Gasteiger partial charge in [-0.3, -0.25) is 4.79 Å². The van der Waals surface area contributed by atoms with Gasteiger partial charge in [0, 0.05) is 40.3 Å². The van der Waals surface area contributed by atoms with Crippen molar-refractivity contribution in [3.63, 3.8) is 0 Å². The number of halogens is 3. The van der Waals surface area contributed by atoms with Crippen LogP contribution in [0, 0.1) is 5.82 Å². The molecule has 206 valence electrons. The zero-order chi connectivity index (χ0) is 27.8. The van der Waals surface area contributed by atoms with E-state index < -0.39 is 17.6 Å². The summed E-state index contributed by atoms with van der Waals surface area (Å²) in [6.07, 6.45) is 7.25. The van der Waals surface area contributed by atoms with Gasteiger partial charge in [-0.2, -0.15) is 0 Å². The summed E-state index contributed by atoms with van der Waals surface area (Å²) in [6.45, 7) is 3.58. The van der Waals surface area contributed by atoms with Gasteiger partial charge in [-0.25, -0.2) is 14.2 Å². The monoisotopic (exact) mass is 625 g/mol. The maximum Gasteiger partial charge on any atom is 1.00 e. The molecule has 0 spiro atoms. The minimum absolute atomic E-state index is 0. The Morgan fingerprint density at radius 2 is 1.80 bits per heavy atom. The zero-order valence-electron chi connectivity index (χ0n) is 25.5. The third-order valence-electron chi connectivity index (χ3n) is 6.24. The van der Waals surface area contributed by atoms with Crippen molar-refractivity contribution in [1.82, 2.24) is 4.98 Å². The van der Waals surface area contributed by atoms with E-state index in [-0.39, 0.29) is 94.3 Å². The molecule has 1 heterocycles. The Labute approximate surface area is 296 Å². The van der Waals surface area contributed by atoms with Crippen LogP contribution in [-0.4, -0.2) is 29.0 Å². The summed E-state index contributed by atoms with van der Waals surface area (Å²) >= 11 is 13.7. The summed E-state index contributed by atoms with van der Waals surface area (Å²) < 4.78 is 21.2. The molecule has 0 fully saturated rings. The number of aromatic nitrogens is 1. The van der Waals surface area contributed by atoms with Crippen LogP contribution in [-0.2, 0) is 9.53 Å². The van der Waals surface area contributed by atoms with Crippen LogP contribution in [0.1, 0.15) is 87.8 Å². The van der Waals surface area contributed by atoms with E-state index in [0.29, 0.717) is 22.4 Å². The molecule has 1 unspecified atom stereocenters. The third-order valence-corrected chi connectivity index (χ3v) is 7.71. The average Bonchev–Trinajstić information content (AvgIpc) is 3.38. The Morgan fingerprint density at radius 1 is 1.15 bits per heavy atom. The molecule has 0 amide bonds. The van der Waals surface area contributed by atoms with E-state index in [1.165, 1.54) is 31.6 Å². The Hall–Kier alpha value is -0.580. The minimum Gasteiger partial charge on any atom is -1.00 e. The molecule has 1 atom stereocenters. The van der Waals surface area contributed by atoms with Crippen LogP contribution in [0.2, 0.25) is 10.0 Å². The third kappa shape index (κ3) is 9.73. The van der Waals surface area contributed by atoms with E-state index in [1.807, 2.05) is 0 Å². The molecule has 3 rings (SSSR count). The molecule has 0 aliphatic carbocycles. The van der Waals surface area contributed by atoms with Gasteiger partial charge >= 0.3 is 65.1 Å². The number of hydrogen-bond acceptors (Lipinski definition) is 5. The fourth-order valence-electron chi connectivity index (χ4n) is 4.09. The molecule has 2 aromatic carbocycles. The average molecular weight is 627 g/mol. The number of benzene rings is 2. The van der Waals surface area contributed by atoms with Crippen LogP contribution in [0.4, 0.5) is 4.39 Å². The number of hydrogen-bond donors (Lipinski definition) is 1. The maximum atomic E-state index is 15.6. The van der Waals surface area contributed by atoms with Crippen molar-refractivity contribution in [3.05, 3.63) is 78.8 Å². The zero-order valence-corrected chi connectivity index (χ0v) is 29.9. The normalized spacial score (nSPS) is 11.9. The fraction of sp³-hybridized carbons (Fsp3) is 0.345. The van der Waals surface area contributed by atoms with Crippen molar-refractivity contribution in [3.8, 4) is 11.3 Å². The Kier molecular flexibility index (Phi) is 17.0. The molecular weight excluding hydrogens is 594 g/mol. The molecule has 0 aliphatic rings. The molecular formula is C29H32Cl2FNNa2O4S. The van der Waals surface area contributed by atoms with Gasteiger partial charge in [-0.15, -0.1) is 11.3 Å². The minimum atomic E-state index is -1.10. The number of rotatable bonds is 13. The fourth-order valence-corrected chi connectivity index (χ4v) is 5.46. The molecule has 0 saturated heterocycles. The van der Waals surface area contributed by atoms with Crippen molar-refractivity contribution in [2.24, 2.45) is 0 Å².